The van der Waals surface area contributed by atoms with E-state index in [0.29, 0.717) is 6.04 Å². The van der Waals surface area contributed by atoms with Gasteiger partial charge in [-0.3, -0.25) is 9.80 Å². The molecule has 0 atom stereocenters. The van der Waals surface area contributed by atoms with E-state index in [1.807, 2.05) is 13.0 Å². The summed E-state index contributed by atoms with van der Waals surface area (Å²) in [5.41, 5.74) is 2.75. The first-order valence-corrected chi connectivity index (χ1v) is 9.02. The summed E-state index contributed by atoms with van der Waals surface area (Å²) in [5, 5.41) is 0. The van der Waals surface area contributed by atoms with Crippen LogP contribution in [-0.2, 0) is 0 Å². The standard InChI is InChI=1S/C23H26N2/c1-2-3-4-11-16-24-17-19-25(20-18-24)23(21-12-7-5-8-13-21)22-14-9-6-10-15-22/h4-15,23H,16-20H2,1H3/b11-4+. The maximum absolute atomic E-state index is 2.99. The van der Waals surface area contributed by atoms with E-state index >= 15 is 0 Å². The van der Waals surface area contributed by atoms with E-state index in [1.165, 1.54) is 11.1 Å². The number of nitrogens with zero attached hydrogens (tertiary/aromatic N) is 2. The van der Waals surface area contributed by atoms with Crippen LogP contribution in [0.2, 0.25) is 0 Å². The molecule has 3 rings (SSSR count). The highest BCUT2D eigenvalue weighted by Gasteiger charge is 2.25. The molecule has 25 heavy (non-hydrogen) atoms. The molecule has 0 aromatic heterocycles. The van der Waals surface area contributed by atoms with Crippen molar-refractivity contribution in [3.8, 4) is 11.8 Å². The van der Waals surface area contributed by atoms with E-state index in [4.69, 9.17) is 0 Å². The molecule has 0 radical (unpaired) electrons. The molecule has 0 N–H and O–H groups in total. The molecule has 2 nitrogen and oxygen atoms in total. The van der Waals surface area contributed by atoms with Gasteiger partial charge < -0.3 is 0 Å². The van der Waals surface area contributed by atoms with Crippen LogP contribution in [0.3, 0.4) is 0 Å². The zero-order valence-corrected chi connectivity index (χ0v) is 14.9. The molecule has 1 aliphatic rings. The van der Waals surface area contributed by atoms with Crippen LogP contribution >= 0.6 is 0 Å². The number of benzene rings is 2. The first kappa shape index (κ1) is 17.5. The summed E-state index contributed by atoms with van der Waals surface area (Å²) in [4.78, 5) is 5.11. The second-order valence-corrected chi connectivity index (χ2v) is 6.36. The summed E-state index contributed by atoms with van der Waals surface area (Å²) in [6.07, 6.45) is 4.13. The third-order valence-corrected chi connectivity index (χ3v) is 4.71. The number of piperazine rings is 1. The van der Waals surface area contributed by atoms with Gasteiger partial charge in [0.1, 0.15) is 0 Å². The Hall–Kier alpha value is -2.34. The molecule has 0 aliphatic carbocycles. The molecule has 0 unspecified atom stereocenters. The Morgan fingerprint density at radius 1 is 0.880 bits per heavy atom. The molecule has 2 aromatic rings. The fraction of sp³-hybridized carbons (Fsp3) is 0.304. The molecule has 128 valence electrons. The number of hydrogen-bond acceptors (Lipinski definition) is 2. The molecule has 0 saturated carbocycles. The van der Waals surface area contributed by atoms with Crippen LogP contribution in [0.4, 0.5) is 0 Å². The Morgan fingerprint density at radius 3 is 1.96 bits per heavy atom. The summed E-state index contributed by atoms with van der Waals surface area (Å²) < 4.78 is 0. The Bertz CT molecular complexity index is 677. The largest absolute Gasteiger partial charge is 0.297 e. The third kappa shape index (κ3) is 4.82. The lowest BCUT2D eigenvalue weighted by Crippen LogP contribution is -2.47. The highest BCUT2D eigenvalue weighted by atomic mass is 15.3. The monoisotopic (exact) mass is 330 g/mol. The van der Waals surface area contributed by atoms with Crippen molar-refractivity contribution in [3.05, 3.63) is 83.9 Å². The molecule has 1 fully saturated rings. The fourth-order valence-corrected chi connectivity index (χ4v) is 3.43. The van der Waals surface area contributed by atoms with Crippen molar-refractivity contribution in [1.29, 1.82) is 0 Å². The zero-order chi connectivity index (χ0) is 17.3. The van der Waals surface area contributed by atoms with Crippen LogP contribution in [0.1, 0.15) is 24.1 Å². The van der Waals surface area contributed by atoms with Gasteiger partial charge in [-0.25, -0.2) is 0 Å². The Morgan fingerprint density at radius 2 is 1.44 bits per heavy atom. The van der Waals surface area contributed by atoms with Gasteiger partial charge in [-0.05, 0) is 24.1 Å². The van der Waals surface area contributed by atoms with Crippen molar-refractivity contribution in [3.63, 3.8) is 0 Å². The fourth-order valence-electron chi connectivity index (χ4n) is 3.43. The van der Waals surface area contributed by atoms with Gasteiger partial charge in [0.2, 0.25) is 0 Å². The van der Waals surface area contributed by atoms with Gasteiger partial charge in [-0.1, -0.05) is 72.7 Å². The van der Waals surface area contributed by atoms with Crippen molar-refractivity contribution in [1.82, 2.24) is 9.80 Å². The SMILES string of the molecule is CC#C/C=C/CN1CCN(C(c2ccccc2)c2ccccc2)CC1. The third-order valence-electron chi connectivity index (χ3n) is 4.71. The summed E-state index contributed by atoms with van der Waals surface area (Å²) in [6.45, 7) is 7.23. The summed E-state index contributed by atoms with van der Waals surface area (Å²) in [7, 11) is 0. The van der Waals surface area contributed by atoms with E-state index in [0.717, 1.165) is 32.7 Å². The van der Waals surface area contributed by atoms with Gasteiger partial charge in [0.05, 0.1) is 6.04 Å². The minimum Gasteiger partial charge on any atom is -0.297 e. The number of hydrogen-bond donors (Lipinski definition) is 0. The van der Waals surface area contributed by atoms with Crippen molar-refractivity contribution < 1.29 is 0 Å². The lowest BCUT2D eigenvalue weighted by Gasteiger charge is -2.39. The Balaban J connectivity index is 1.70. The highest BCUT2D eigenvalue weighted by Crippen LogP contribution is 2.29. The van der Waals surface area contributed by atoms with Gasteiger partial charge in [0.15, 0.2) is 0 Å². The topological polar surface area (TPSA) is 6.48 Å². The first-order valence-electron chi connectivity index (χ1n) is 9.02. The molecular weight excluding hydrogens is 304 g/mol. The van der Waals surface area contributed by atoms with Crippen LogP contribution in [0.5, 0.6) is 0 Å². The first-order chi connectivity index (χ1) is 12.4. The summed E-state index contributed by atoms with van der Waals surface area (Å²) in [5.74, 6) is 5.89. The van der Waals surface area contributed by atoms with E-state index in [9.17, 15) is 0 Å². The second-order valence-electron chi connectivity index (χ2n) is 6.36. The van der Waals surface area contributed by atoms with E-state index in [-0.39, 0.29) is 0 Å². The van der Waals surface area contributed by atoms with Crippen molar-refractivity contribution in [2.24, 2.45) is 0 Å². The average molecular weight is 330 g/mol. The van der Waals surface area contributed by atoms with Gasteiger partial charge in [-0.15, -0.1) is 5.92 Å². The van der Waals surface area contributed by atoms with Gasteiger partial charge in [0, 0.05) is 32.7 Å². The molecule has 2 aromatic carbocycles. The summed E-state index contributed by atoms with van der Waals surface area (Å²) >= 11 is 0. The second kappa shape index (κ2) is 9.22. The minimum atomic E-state index is 0.339. The van der Waals surface area contributed by atoms with Gasteiger partial charge in [0.25, 0.3) is 0 Å². The van der Waals surface area contributed by atoms with Gasteiger partial charge >= 0.3 is 0 Å². The predicted octanol–water partition coefficient (Wildman–Crippen LogP) is 3.97. The quantitative estimate of drug-likeness (QED) is 0.765. The number of rotatable bonds is 5. The van der Waals surface area contributed by atoms with E-state index in [1.54, 1.807) is 0 Å². The summed E-state index contributed by atoms with van der Waals surface area (Å²) in [6, 6.07) is 22.1. The van der Waals surface area contributed by atoms with Crippen molar-refractivity contribution in [2.45, 2.75) is 13.0 Å². The van der Waals surface area contributed by atoms with Crippen LogP contribution in [0.25, 0.3) is 0 Å². The molecular formula is C23H26N2. The van der Waals surface area contributed by atoms with Crippen LogP contribution in [-0.4, -0.2) is 42.5 Å². The van der Waals surface area contributed by atoms with Crippen LogP contribution < -0.4 is 0 Å². The molecule has 0 bridgehead atoms. The minimum absolute atomic E-state index is 0.339. The van der Waals surface area contributed by atoms with Crippen molar-refractivity contribution >= 4 is 0 Å². The zero-order valence-electron chi connectivity index (χ0n) is 14.9. The molecule has 1 heterocycles. The Labute approximate surface area is 151 Å². The lowest BCUT2D eigenvalue weighted by molar-refractivity contribution is 0.117. The normalized spacial score (nSPS) is 16.1. The van der Waals surface area contributed by atoms with Crippen LogP contribution in [0.15, 0.2) is 72.8 Å². The Kier molecular flexibility index (Phi) is 6.45. The van der Waals surface area contributed by atoms with E-state index in [2.05, 4.69) is 88.4 Å². The lowest BCUT2D eigenvalue weighted by atomic mass is 9.96. The van der Waals surface area contributed by atoms with Crippen LogP contribution in [0, 0.1) is 11.8 Å². The molecule has 0 spiro atoms. The highest BCUT2D eigenvalue weighted by molar-refractivity contribution is 5.32. The maximum atomic E-state index is 2.99. The molecule has 1 saturated heterocycles. The predicted molar refractivity (Wildman–Crippen MR) is 105 cm³/mol. The average Bonchev–Trinajstić information content (AvgIpc) is 2.68. The van der Waals surface area contributed by atoms with Gasteiger partial charge in [-0.2, -0.15) is 0 Å². The maximum Gasteiger partial charge on any atom is 0.0602 e. The molecule has 2 heteroatoms. The molecule has 1 aliphatic heterocycles. The molecule has 0 amide bonds. The van der Waals surface area contributed by atoms with E-state index < -0.39 is 0 Å². The smallest absolute Gasteiger partial charge is 0.0602 e. The number of allylic oxidation sites excluding steroid dienone is 1. The van der Waals surface area contributed by atoms with Crippen molar-refractivity contribution in [2.75, 3.05) is 32.7 Å².